The molecule has 110 valence electrons. The average Bonchev–Trinajstić information content (AvgIpc) is 2.45. The lowest BCUT2D eigenvalue weighted by atomic mass is 9.82. The number of benzene rings is 2. The van der Waals surface area contributed by atoms with Crippen molar-refractivity contribution in [1.82, 2.24) is 0 Å². The van der Waals surface area contributed by atoms with E-state index in [0.29, 0.717) is 11.1 Å². The number of ketones is 1. The van der Waals surface area contributed by atoms with E-state index in [-0.39, 0.29) is 17.0 Å². The molecule has 0 aliphatic rings. The van der Waals surface area contributed by atoms with Gasteiger partial charge in [0.05, 0.1) is 0 Å². The van der Waals surface area contributed by atoms with E-state index in [4.69, 9.17) is 0 Å². The second kappa shape index (κ2) is 5.80. The lowest BCUT2D eigenvalue weighted by molar-refractivity contribution is 0.103. The van der Waals surface area contributed by atoms with Crippen molar-refractivity contribution >= 4 is 5.78 Å². The van der Waals surface area contributed by atoms with Crippen molar-refractivity contribution in [3.05, 3.63) is 70.5 Å². The highest BCUT2D eigenvalue weighted by molar-refractivity contribution is 6.09. The van der Waals surface area contributed by atoms with Crippen molar-refractivity contribution in [2.75, 3.05) is 0 Å². The van der Waals surface area contributed by atoms with Crippen molar-refractivity contribution in [2.24, 2.45) is 0 Å². The van der Waals surface area contributed by atoms with Gasteiger partial charge in [-0.05, 0) is 48.1 Å². The molecule has 0 saturated heterocycles. The Balaban J connectivity index is 2.32. The fourth-order valence-corrected chi connectivity index (χ4v) is 2.31. The predicted octanol–water partition coefficient (Wildman–Crippen LogP) is 5.05. The molecule has 0 fully saturated rings. The number of halogens is 1. The van der Waals surface area contributed by atoms with Crippen LogP contribution in [0.2, 0.25) is 0 Å². The Labute approximate surface area is 125 Å². The topological polar surface area (TPSA) is 17.1 Å². The zero-order valence-electron chi connectivity index (χ0n) is 13.0. The van der Waals surface area contributed by atoms with Crippen LogP contribution in [0.3, 0.4) is 0 Å². The second-order valence-corrected chi connectivity index (χ2v) is 6.16. The summed E-state index contributed by atoms with van der Waals surface area (Å²) < 4.78 is 13.4. The minimum absolute atomic E-state index is 0.0943. The first kappa shape index (κ1) is 15.4. The van der Waals surface area contributed by atoms with Gasteiger partial charge in [0.1, 0.15) is 5.82 Å². The Hall–Kier alpha value is -1.96. The Morgan fingerprint density at radius 1 is 1.05 bits per heavy atom. The highest BCUT2D eigenvalue weighted by Gasteiger charge is 2.18. The monoisotopic (exact) mass is 284 g/mol. The second-order valence-electron chi connectivity index (χ2n) is 6.16. The van der Waals surface area contributed by atoms with Crippen LogP contribution < -0.4 is 0 Å². The lowest BCUT2D eigenvalue weighted by Crippen LogP contribution is -2.15. The van der Waals surface area contributed by atoms with Gasteiger partial charge in [-0.25, -0.2) is 4.39 Å². The van der Waals surface area contributed by atoms with E-state index in [1.54, 1.807) is 13.0 Å². The van der Waals surface area contributed by atoms with Crippen molar-refractivity contribution in [1.29, 1.82) is 0 Å². The third-order valence-corrected chi connectivity index (χ3v) is 4.12. The van der Waals surface area contributed by atoms with E-state index >= 15 is 0 Å². The van der Waals surface area contributed by atoms with Crippen molar-refractivity contribution in [3.63, 3.8) is 0 Å². The summed E-state index contributed by atoms with van der Waals surface area (Å²) in [6.45, 7) is 8.29. The van der Waals surface area contributed by atoms with Crippen LogP contribution >= 0.6 is 0 Å². The molecule has 0 spiro atoms. The van der Waals surface area contributed by atoms with Gasteiger partial charge >= 0.3 is 0 Å². The van der Waals surface area contributed by atoms with Crippen LogP contribution in [0.4, 0.5) is 4.39 Å². The molecule has 0 radical (unpaired) electrons. The minimum atomic E-state index is -0.373. The number of aryl methyl sites for hydroxylation is 1. The largest absolute Gasteiger partial charge is 0.289 e. The van der Waals surface area contributed by atoms with E-state index in [1.807, 2.05) is 24.3 Å². The van der Waals surface area contributed by atoms with E-state index in [2.05, 4.69) is 20.8 Å². The van der Waals surface area contributed by atoms with Gasteiger partial charge in [-0.3, -0.25) is 4.79 Å². The van der Waals surface area contributed by atoms with E-state index < -0.39 is 0 Å². The van der Waals surface area contributed by atoms with Crippen molar-refractivity contribution in [2.45, 2.75) is 39.5 Å². The number of hydrogen-bond donors (Lipinski definition) is 0. The molecule has 0 N–H and O–H groups in total. The summed E-state index contributed by atoms with van der Waals surface area (Å²) in [5.41, 5.74) is 3.04. The molecule has 2 aromatic carbocycles. The SMILES string of the molecule is CCC(C)(C)c1ccc(C(=O)c2cc(C)cc(F)c2)cc1. The molecular weight excluding hydrogens is 263 g/mol. The van der Waals surface area contributed by atoms with Gasteiger partial charge in [0.15, 0.2) is 5.78 Å². The fraction of sp³-hybridized carbons (Fsp3) is 0.316. The normalized spacial score (nSPS) is 11.5. The van der Waals surface area contributed by atoms with Crippen LogP contribution in [0.15, 0.2) is 42.5 Å². The molecular formula is C19H21FO. The molecule has 0 aliphatic heterocycles. The van der Waals surface area contributed by atoms with Crippen LogP contribution in [-0.2, 0) is 5.41 Å². The van der Waals surface area contributed by atoms with Gasteiger partial charge in [0, 0.05) is 11.1 Å². The molecule has 0 unspecified atom stereocenters. The molecule has 0 amide bonds. The molecule has 0 aromatic heterocycles. The maximum absolute atomic E-state index is 13.4. The Morgan fingerprint density at radius 3 is 2.19 bits per heavy atom. The van der Waals surface area contributed by atoms with Crippen LogP contribution in [0.5, 0.6) is 0 Å². The first-order valence-corrected chi connectivity index (χ1v) is 7.26. The van der Waals surface area contributed by atoms with Gasteiger partial charge in [-0.1, -0.05) is 45.0 Å². The van der Waals surface area contributed by atoms with Crippen LogP contribution in [0.25, 0.3) is 0 Å². The highest BCUT2D eigenvalue weighted by atomic mass is 19.1. The molecule has 21 heavy (non-hydrogen) atoms. The Morgan fingerprint density at radius 2 is 1.67 bits per heavy atom. The van der Waals surface area contributed by atoms with E-state index in [1.165, 1.54) is 17.7 Å². The van der Waals surface area contributed by atoms with Crippen molar-refractivity contribution < 1.29 is 9.18 Å². The molecule has 0 atom stereocenters. The summed E-state index contributed by atoms with van der Waals surface area (Å²) in [5.74, 6) is -0.513. The number of carbonyl (C=O) groups is 1. The maximum Gasteiger partial charge on any atom is 0.193 e. The first-order valence-electron chi connectivity index (χ1n) is 7.26. The zero-order valence-corrected chi connectivity index (χ0v) is 13.0. The number of hydrogen-bond acceptors (Lipinski definition) is 1. The molecule has 0 aliphatic carbocycles. The Kier molecular flexibility index (Phi) is 4.26. The summed E-state index contributed by atoms with van der Waals surface area (Å²) >= 11 is 0. The van der Waals surface area contributed by atoms with Gasteiger partial charge in [0.25, 0.3) is 0 Å². The maximum atomic E-state index is 13.4. The Bertz CT molecular complexity index is 634. The zero-order chi connectivity index (χ0) is 15.6. The van der Waals surface area contributed by atoms with Crippen molar-refractivity contribution in [3.8, 4) is 0 Å². The van der Waals surface area contributed by atoms with Crippen LogP contribution in [-0.4, -0.2) is 5.78 Å². The van der Waals surface area contributed by atoms with Gasteiger partial charge in [-0.15, -0.1) is 0 Å². The highest BCUT2D eigenvalue weighted by Crippen LogP contribution is 2.27. The number of carbonyl (C=O) groups excluding carboxylic acids is 1. The molecule has 2 rings (SSSR count). The molecule has 0 bridgehead atoms. The third kappa shape index (κ3) is 3.38. The average molecular weight is 284 g/mol. The molecule has 1 nitrogen and oxygen atoms in total. The number of rotatable bonds is 4. The van der Waals surface area contributed by atoms with Crippen LogP contribution in [0, 0.1) is 12.7 Å². The molecule has 2 aromatic rings. The summed E-state index contributed by atoms with van der Waals surface area (Å²) in [6, 6.07) is 12.1. The predicted molar refractivity (Wildman–Crippen MR) is 84.3 cm³/mol. The minimum Gasteiger partial charge on any atom is -0.289 e. The van der Waals surface area contributed by atoms with Gasteiger partial charge < -0.3 is 0 Å². The quantitative estimate of drug-likeness (QED) is 0.718. The first-order chi connectivity index (χ1) is 9.83. The standard InChI is InChI=1S/C19H21FO/c1-5-19(3,4)16-8-6-14(7-9-16)18(21)15-10-13(2)11-17(20)12-15/h6-12H,5H2,1-4H3. The fourth-order valence-electron chi connectivity index (χ4n) is 2.31. The molecule has 0 heterocycles. The molecule has 2 heteroatoms. The summed E-state index contributed by atoms with van der Waals surface area (Å²) in [7, 11) is 0. The van der Waals surface area contributed by atoms with E-state index in [9.17, 15) is 9.18 Å². The summed E-state index contributed by atoms with van der Waals surface area (Å²) in [5, 5.41) is 0. The third-order valence-electron chi connectivity index (χ3n) is 4.12. The van der Waals surface area contributed by atoms with Gasteiger partial charge in [0.2, 0.25) is 0 Å². The lowest BCUT2D eigenvalue weighted by Gasteiger charge is -2.23. The summed E-state index contributed by atoms with van der Waals surface area (Å²) in [4.78, 5) is 12.4. The van der Waals surface area contributed by atoms with Gasteiger partial charge in [-0.2, -0.15) is 0 Å². The summed E-state index contributed by atoms with van der Waals surface area (Å²) in [6.07, 6.45) is 1.03. The van der Waals surface area contributed by atoms with Crippen LogP contribution in [0.1, 0.15) is 54.2 Å². The molecule has 0 saturated carbocycles. The van der Waals surface area contributed by atoms with E-state index in [0.717, 1.165) is 12.0 Å². The smallest absolute Gasteiger partial charge is 0.193 e.